The zero-order valence-corrected chi connectivity index (χ0v) is 10.3. The number of rotatable bonds is 4. The molecule has 0 heterocycles. The molecule has 2 N–H and O–H groups in total. The molecule has 1 saturated carbocycles. The topological polar surface area (TPSA) is 66.8 Å². The summed E-state index contributed by atoms with van der Waals surface area (Å²) < 4.78 is 4.98. The number of aliphatic hydroxyl groups is 1. The summed E-state index contributed by atoms with van der Waals surface area (Å²) in [5.74, 6) is -0.611. The van der Waals surface area contributed by atoms with Gasteiger partial charge in [-0.05, 0) is 25.7 Å². The van der Waals surface area contributed by atoms with Gasteiger partial charge in [0.15, 0.2) is 0 Å². The first-order valence-corrected chi connectivity index (χ1v) is 5.80. The molecule has 0 amide bonds. The molecule has 0 aromatic rings. The average molecular weight is 230 g/mol. The minimum atomic E-state index is -1.21. The maximum absolute atomic E-state index is 11.4. The average Bonchev–Trinajstić information content (AvgIpc) is 2.17. The highest BCUT2D eigenvalue weighted by Crippen LogP contribution is 2.44. The molecule has 1 fully saturated rings. The number of carbonyl (C=O) groups is 1. The second kappa shape index (κ2) is 4.72. The molecule has 0 saturated heterocycles. The molecular weight excluding hydrogens is 208 g/mol. The first kappa shape index (κ1) is 13.5. The van der Waals surface area contributed by atoms with E-state index < -0.39 is 17.0 Å². The highest BCUT2D eigenvalue weighted by atomic mass is 16.5. The summed E-state index contributed by atoms with van der Waals surface area (Å²) in [6, 6.07) is 0. The number of hydrogen-bond acceptors (Lipinski definition) is 3. The van der Waals surface area contributed by atoms with Crippen LogP contribution in [0.5, 0.6) is 0 Å². The molecule has 4 nitrogen and oxygen atoms in total. The van der Waals surface area contributed by atoms with E-state index in [-0.39, 0.29) is 6.61 Å². The van der Waals surface area contributed by atoms with Crippen LogP contribution in [0.4, 0.5) is 0 Å². The molecule has 0 aromatic heterocycles. The van der Waals surface area contributed by atoms with E-state index in [1.807, 2.05) is 0 Å². The Bertz CT molecular complexity index is 266. The summed E-state index contributed by atoms with van der Waals surface area (Å²) in [6.45, 7) is 3.68. The molecule has 4 heteroatoms. The van der Waals surface area contributed by atoms with E-state index in [4.69, 9.17) is 4.74 Å². The zero-order valence-electron chi connectivity index (χ0n) is 10.3. The molecule has 0 spiro atoms. The summed E-state index contributed by atoms with van der Waals surface area (Å²) in [7, 11) is 1.47. The van der Waals surface area contributed by atoms with Crippen molar-refractivity contribution in [3.05, 3.63) is 0 Å². The van der Waals surface area contributed by atoms with Crippen LogP contribution >= 0.6 is 0 Å². The number of methoxy groups -OCH3 is 1. The monoisotopic (exact) mass is 230 g/mol. The van der Waals surface area contributed by atoms with Crippen LogP contribution in [0.1, 0.15) is 39.5 Å². The third-order valence-electron chi connectivity index (χ3n) is 3.91. The SMILES string of the molecule is COCC(C)(C(=O)O)C1(O)CCCC(C)C1. The molecule has 94 valence electrons. The predicted octanol–water partition coefficient (Wildman–Crippen LogP) is 1.66. The Hall–Kier alpha value is -0.610. The van der Waals surface area contributed by atoms with Crippen LogP contribution in [0.15, 0.2) is 0 Å². The van der Waals surface area contributed by atoms with Gasteiger partial charge in [-0.3, -0.25) is 4.79 Å². The van der Waals surface area contributed by atoms with E-state index >= 15 is 0 Å². The fourth-order valence-electron chi connectivity index (χ4n) is 2.71. The minimum absolute atomic E-state index is 0.0472. The summed E-state index contributed by atoms with van der Waals surface area (Å²) in [4.78, 5) is 11.4. The highest BCUT2D eigenvalue weighted by Gasteiger charge is 2.53. The fraction of sp³-hybridized carbons (Fsp3) is 0.917. The van der Waals surface area contributed by atoms with Gasteiger partial charge in [0.05, 0.1) is 12.2 Å². The van der Waals surface area contributed by atoms with Crippen molar-refractivity contribution in [1.29, 1.82) is 0 Å². The van der Waals surface area contributed by atoms with Crippen molar-refractivity contribution >= 4 is 5.97 Å². The highest BCUT2D eigenvalue weighted by molar-refractivity contribution is 5.76. The standard InChI is InChI=1S/C12H22O4/c1-9-5-4-6-12(15,7-9)11(2,8-16-3)10(13)14/h9,15H,4-8H2,1-3H3,(H,13,14). The van der Waals surface area contributed by atoms with Crippen LogP contribution in [-0.4, -0.2) is 35.5 Å². The number of carboxylic acid groups (broad SMARTS) is 1. The van der Waals surface area contributed by atoms with Gasteiger partial charge in [0.25, 0.3) is 0 Å². The molecule has 0 aliphatic heterocycles. The van der Waals surface area contributed by atoms with E-state index in [9.17, 15) is 15.0 Å². The van der Waals surface area contributed by atoms with E-state index in [0.717, 1.165) is 12.8 Å². The van der Waals surface area contributed by atoms with Crippen molar-refractivity contribution in [2.45, 2.75) is 45.1 Å². The predicted molar refractivity (Wildman–Crippen MR) is 60.2 cm³/mol. The molecule has 3 unspecified atom stereocenters. The van der Waals surface area contributed by atoms with Gasteiger partial charge in [-0.1, -0.05) is 19.8 Å². The van der Waals surface area contributed by atoms with Gasteiger partial charge in [-0.2, -0.15) is 0 Å². The fourth-order valence-corrected chi connectivity index (χ4v) is 2.71. The largest absolute Gasteiger partial charge is 0.481 e. The lowest BCUT2D eigenvalue weighted by Gasteiger charge is -2.45. The summed E-state index contributed by atoms with van der Waals surface area (Å²) in [6.07, 6.45) is 3.03. The Morgan fingerprint density at radius 3 is 2.69 bits per heavy atom. The molecule has 3 atom stereocenters. The Balaban J connectivity index is 2.95. The van der Waals surface area contributed by atoms with Crippen LogP contribution in [0.2, 0.25) is 0 Å². The Kier molecular flexibility index (Phi) is 3.97. The molecule has 0 aromatic carbocycles. The molecule has 16 heavy (non-hydrogen) atoms. The van der Waals surface area contributed by atoms with E-state index in [1.54, 1.807) is 6.92 Å². The lowest BCUT2D eigenvalue weighted by Crippen LogP contribution is -2.56. The van der Waals surface area contributed by atoms with Gasteiger partial charge in [0, 0.05) is 7.11 Å². The molecular formula is C12H22O4. The van der Waals surface area contributed by atoms with Gasteiger partial charge in [0.2, 0.25) is 0 Å². The van der Waals surface area contributed by atoms with Gasteiger partial charge >= 0.3 is 5.97 Å². The lowest BCUT2D eigenvalue weighted by molar-refractivity contribution is -0.183. The van der Waals surface area contributed by atoms with Crippen LogP contribution in [-0.2, 0) is 9.53 Å². The molecule has 1 aliphatic carbocycles. The Morgan fingerprint density at radius 1 is 1.62 bits per heavy atom. The molecule has 1 aliphatic rings. The van der Waals surface area contributed by atoms with E-state index in [1.165, 1.54) is 7.11 Å². The minimum Gasteiger partial charge on any atom is -0.481 e. The quantitative estimate of drug-likeness (QED) is 0.771. The lowest BCUT2D eigenvalue weighted by atomic mass is 9.64. The summed E-state index contributed by atoms with van der Waals surface area (Å²) in [5.41, 5.74) is -2.36. The van der Waals surface area contributed by atoms with Crippen molar-refractivity contribution in [1.82, 2.24) is 0 Å². The summed E-state index contributed by atoms with van der Waals surface area (Å²) >= 11 is 0. The first-order valence-electron chi connectivity index (χ1n) is 5.80. The smallest absolute Gasteiger partial charge is 0.314 e. The maximum atomic E-state index is 11.4. The van der Waals surface area contributed by atoms with Gasteiger partial charge in [-0.25, -0.2) is 0 Å². The number of hydrogen-bond donors (Lipinski definition) is 2. The molecule has 0 radical (unpaired) electrons. The number of ether oxygens (including phenoxy) is 1. The van der Waals surface area contributed by atoms with E-state index in [0.29, 0.717) is 18.8 Å². The van der Waals surface area contributed by atoms with Crippen molar-refractivity contribution in [3.63, 3.8) is 0 Å². The van der Waals surface area contributed by atoms with Gasteiger partial charge in [-0.15, -0.1) is 0 Å². The second-order valence-electron chi connectivity index (χ2n) is 5.30. The van der Waals surface area contributed by atoms with Crippen LogP contribution in [0.25, 0.3) is 0 Å². The van der Waals surface area contributed by atoms with Crippen LogP contribution in [0.3, 0.4) is 0 Å². The van der Waals surface area contributed by atoms with Crippen molar-refractivity contribution in [3.8, 4) is 0 Å². The third-order valence-corrected chi connectivity index (χ3v) is 3.91. The number of aliphatic carboxylic acids is 1. The van der Waals surface area contributed by atoms with Gasteiger partial charge in [0.1, 0.15) is 5.41 Å². The first-order chi connectivity index (χ1) is 7.35. The summed E-state index contributed by atoms with van der Waals surface area (Å²) in [5, 5.41) is 19.9. The van der Waals surface area contributed by atoms with Crippen molar-refractivity contribution in [2.24, 2.45) is 11.3 Å². The van der Waals surface area contributed by atoms with Gasteiger partial charge < -0.3 is 14.9 Å². The van der Waals surface area contributed by atoms with E-state index in [2.05, 4.69) is 6.92 Å². The maximum Gasteiger partial charge on any atom is 0.314 e. The Morgan fingerprint density at radius 2 is 2.25 bits per heavy atom. The normalized spacial score (nSPS) is 34.4. The number of carboxylic acids is 1. The third kappa shape index (κ3) is 2.23. The van der Waals surface area contributed by atoms with Crippen LogP contribution in [0, 0.1) is 11.3 Å². The zero-order chi connectivity index (χ0) is 12.4. The second-order valence-corrected chi connectivity index (χ2v) is 5.30. The molecule has 1 rings (SSSR count). The van der Waals surface area contributed by atoms with Crippen molar-refractivity contribution < 1.29 is 19.7 Å². The molecule has 0 bridgehead atoms. The van der Waals surface area contributed by atoms with Crippen molar-refractivity contribution in [2.75, 3.05) is 13.7 Å². The Labute approximate surface area is 96.6 Å². The van der Waals surface area contributed by atoms with Crippen LogP contribution < -0.4 is 0 Å².